The van der Waals surface area contributed by atoms with Crippen LogP contribution in [0.3, 0.4) is 0 Å². The first kappa shape index (κ1) is 16.0. The molecule has 2 bridgehead atoms. The van der Waals surface area contributed by atoms with Gasteiger partial charge in [-0.25, -0.2) is 0 Å². The van der Waals surface area contributed by atoms with E-state index in [0.717, 1.165) is 12.4 Å². The predicted molar refractivity (Wildman–Crippen MR) is 103 cm³/mol. The standard InChI is InChI=1S/C23H25NO2/c1-24-20-10-9-18(23(24,13-11-20)19-12-14-25-15-19)16-26-22-8-4-6-17-5-2-3-7-21(17)22/h2-8,12,14-15,18,20H,9-11,13,16H2,1H3/t18-,20?,23?/m0/s1. The second-order valence-electron chi connectivity index (χ2n) is 7.80. The minimum atomic E-state index is 0.0561. The summed E-state index contributed by atoms with van der Waals surface area (Å²) in [5.41, 5.74) is 1.37. The minimum absolute atomic E-state index is 0.0561. The Hall–Kier alpha value is -2.26. The Morgan fingerprint density at radius 1 is 1.08 bits per heavy atom. The molecule has 3 heteroatoms. The SMILES string of the molecule is CN1C2CC[C@@H](COc3cccc4ccccc34)C1(c1ccoc1)CC2. The predicted octanol–water partition coefficient (Wildman–Crippen LogP) is 5.21. The monoisotopic (exact) mass is 347 g/mol. The van der Waals surface area contributed by atoms with Crippen molar-refractivity contribution < 1.29 is 9.15 Å². The fourth-order valence-corrected chi connectivity index (χ4v) is 5.37. The Kier molecular flexibility index (Phi) is 3.79. The van der Waals surface area contributed by atoms with E-state index >= 15 is 0 Å². The number of ether oxygens (including phenoxy) is 1. The molecule has 0 radical (unpaired) electrons. The van der Waals surface area contributed by atoms with Gasteiger partial charge in [0.25, 0.3) is 0 Å². The van der Waals surface area contributed by atoms with Gasteiger partial charge in [0.1, 0.15) is 5.75 Å². The molecule has 0 spiro atoms. The van der Waals surface area contributed by atoms with Crippen molar-refractivity contribution in [2.24, 2.45) is 5.92 Å². The van der Waals surface area contributed by atoms with Crippen molar-refractivity contribution in [1.82, 2.24) is 4.90 Å². The summed E-state index contributed by atoms with van der Waals surface area (Å²) in [6.45, 7) is 0.746. The highest BCUT2D eigenvalue weighted by molar-refractivity contribution is 5.88. The van der Waals surface area contributed by atoms with E-state index < -0.39 is 0 Å². The zero-order valence-corrected chi connectivity index (χ0v) is 15.2. The van der Waals surface area contributed by atoms with Crippen LogP contribution < -0.4 is 4.74 Å². The van der Waals surface area contributed by atoms with Gasteiger partial charge in [0.2, 0.25) is 0 Å². The van der Waals surface area contributed by atoms with Crippen LogP contribution in [-0.4, -0.2) is 24.6 Å². The van der Waals surface area contributed by atoms with E-state index in [1.807, 2.05) is 12.5 Å². The number of furan rings is 1. The highest BCUT2D eigenvalue weighted by Gasteiger charge is 2.54. The van der Waals surface area contributed by atoms with Crippen LogP contribution in [0.15, 0.2) is 65.5 Å². The lowest BCUT2D eigenvalue weighted by Crippen LogP contribution is -2.52. The number of piperidine rings is 1. The third-order valence-electron chi connectivity index (χ3n) is 6.77. The van der Waals surface area contributed by atoms with Gasteiger partial charge >= 0.3 is 0 Å². The highest BCUT2D eigenvalue weighted by atomic mass is 16.5. The average molecular weight is 347 g/mol. The Bertz CT molecular complexity index is 898. The summed E-state index contributed by atoms with van der Waals surface area (Å²) in [6.07, 6.45) is 8.69. The van der Waals surface area contributed by atoms with Crippen molar-refractivity contribution >= 4 is 10.8 Å². The third kappa shape index (κ3) is 2.30. The summed E-state index contributed by atoms with van der Waals surface area (Å²) in [6, 6.07) is 17.6. The maximum atomic E-state index is 6.42. The van der Waals surface area contributed by atoms with E-state index in [1.165, 1.54) is 42.0 Å². The molecule has 3 aromatic rings. The minimum Gasteiger partial charge on any atom is -0.493 e. The van der Waals surface area contributed by atoms with Crippen LogP contribution in [0.2, 0.25) is 0 Å². The van der Waals surface area contributed by atoms with Crippen molar-refractivity contribution in [3.8, 4) is 5.75 Å². The van der Waals surface area contributed by atoms with Gasteiger partial charge in [-0.3, -0.25) is 4.90 Å². The summed E-state index contributed by atoms with van der Waals surface area (Å²) in [5, 5.41) is 2.43. The molecular weight excluding hydrogens is 322 g/mol. The number of benzene rings is 2. The van der Waals surface area contributed by atoms with Gasteiger partial charge in [0.05, 0.1) is 24.7 Å². The lowest BCUT2D eigenvalue weighted by Gasteiger charge is -2.48. The first-order chi connectivity index (χ1) is 12.8. The Balaban J connectivity index is 1.46. The number of hydrogen-bond acceptors (Lipinski definition) is 3. The molecule has 0 amide bonds. The van der Waals surface area contributed by atoms with E-state index in [-0.39, 0.29) is 5.54 Å². The van der Waals surface area contributed by atoms with Crippen LogP contribution in [-0.2, 0) is 5.54 Å². The molecule has 2 aliphatic rings. The van der Waals surface area contributed by atoms with E-state index in [9.17, 15) is 0 Å². The molecular formula is C23H25NO2. The van der Waals surface area contributed by atoms with E-state index in [2.05, 4.69) is 60.5 Å². The molecule has 3 nitrogen and oxygen atoms in total. The summed E-state index contributed by atoms with van der Waals surface area (Å²) in [4.78, 5) is 2.60. The average Bonchev–Trinajstić information content (AvgIpc) is 3.27. The number of fused-ring (bicyclic) bond motifs is 3. The molecule has 5 rings (SSSR count). The maximum absolute atomic E-state index is 6.42. The fourth-order valence-electron chi connectivity index (χ4n) is 5.37. The van der Waals surface area contributed by atoms with Crippen molar-refractivity contribution in [1.29, 1.82) is 0 Å². The smallest absolute Gasteiger partial charge is 0.127 e. The molecule has 3 atom stereocenters. The van der Waals surface area contributed by atoms with Crippen LogP contribution in [0, 0.1) is 5.92 Å². The molecule has 26 heavy (non-hydrogen) atoms. The molecule has 2 fully saturated rings. The quantitative estimate of drug-likeness (QED) is 0.648. The first-order valence-electron chi connectivity index (χ1n) is 9.65. The van der Waals surface area contributed by atoms with E-state index in [0.29, 0.717) is 12.0 Å². The zero-order chi connectivity index (χ0) is 17.6. The van der Waals surface area contributed by atoms with E-state index in [4.69, 9.17) is 9.15 Å². The zero-order valence-electron chi connectivity index (χ0n) is 15.2. The normalized spacial score (nSPS) is 28.5. The molecule has 0 N–H and O–H groups in total. The molecule has 0 aliphatic carbocycles. The lowest BCUT2D eigenvalue weighted by atomic mass is 9.74. The molecule has 0 saturated carbocycles. The van der Waals surface area contributed by atoms with E-state index in [1.54, 1.807) is 0 Å². The van der Waals surface area contributed by atoms with Crippen LogP contribution >= 0.6 is 0 Å². The van der Waals surface area contributed by atoms with Gasteiger partial charge in [0, 0.05) is 22.9 Å². The Morgan fingerprint density at radius 2 is 1.96 bits per heavy atom. The van der Waals surface area contributed by atoms with Crippen LogP contribution in [0.4, 0.5) is 0 Å². The van der Waals surface area contributed by atoms with Gasteiger partial charge in [-0.15, -0.1) is 0 Å². The number of rotatable bonds is 4. The lowest BCUT2D eigenvalue weighted by molar-refractivity contribution is -0.00161. The first-order valence-corrected chi connectivity index (χ1v) is 9.65. The second-order valence-corrected chi connectivity index (χ2v) is 7.80. The second kappa shape index (κ2) is 6.17. The number of nitrogens with zero attached hydrogens (tertiary/aromatic N) is 1. The Labute approximate surface area is 154 Å². The van der Waals surface area contributed by atoms with Crippen molar-refractivity contribution in [2.45, 2.75) is 37.3 Å². The molecule has 3 heterocycles. The highest BCUT2D eigenvalue weighted by Crippen LogP contribution is 2.53. The third-order valence-corrected chi connectivity index (χ3v) is 6.77. The van der Waals surface area contributed by atoms with Gasteiger partial charge in [0.15, 0.2) is 0 Å². The summed E-state index contributed by atoms with van der Waals surface area (Å²) in [7, 11) is 2.29. The van der Waals surface area contributed by atoms with Crippen LogP contribution in [0.5, 0.6) is 5.75 Å². The van der Waals surface area contributed by atoms with Gasteiger partial charge in [-0.1, -0.05) is 36.4 Å². The summed E-state index contributed by atoms with van der Waals surface area (Å²) >= 11 is 0. The van der Waals surface area contributed by atoms with Crippen LogP contribution in [0.25, 0.3) is 10.8 Å². The molecule has 2 aliphatic heterocycles. The molecule has 134 valence electrons. The summed E-state index contributed by atoms with van der Waals surface area (Å²) in [5.74, 6) is 1.47. The van der Waals surface area contributed by atoms with Crippen molar-refractivity contribution in [3.63, 3.8) is 0 Å². The molecule has 1 aromatic heterocycles. The molecule has 2 aromatic carbocycles. The summed E-state index contributed by atoms with van der Waals surface area (Å²) < 4.78 is 11.9. The maximum Gasteiger partial charge on any atom is 0.127 e. The van der Waals surface area contributed by atoms with Gasteiger partial charge in [-0.2, -0.15) is 0 Å². The van der Waals surface area contributed by atoms with Crippen molar-refractivity contribution in [3.05, 3.63) is 66.6 Å². The van der Waals surface area contributed by atoms with Gasteiger partial charge in [-0.05, 0) is 50.2 Å². The fraction of sp³-hybridized carbons (Fsp3) is 0.391. The van der Waals surface area contributed by atoms with Crippen LogP contribution in [0.1, 0.15) is 31.2 Å². The largest absolute Gasteiger partial charge is 0.493 e. The molecule has 2 unspecified atom stereocenters. The molecule has 2 saturated heterocycles. The topological polar surface area (TPSA) is 25.6 Å². The number of hydrogen-bond donors (Lipinski definition) is 0. The van der Waals surface area contributed by atoms with Crippen molar-refractivity contribution in [2.75, 3.05) is 13.7 Å². The van der Waals surface area contributed by atoms with Gasteiger partial charge < -0.3 is 9.15 Å². The Morgan fingerprint density at radius 3 is 2.85 bits per heavy atom.